The molecule has 0 radical (unpaired) electrons. The Morgan fingerprint density at radius 1 is 1.04 bits per heavy atom. The Balaban J connectivity index is 1.53. The number of methoxy groups -OCH3 is 1. The largest absolute Gasteiger partial charge is 0.497 e. The third kappa shape index (κ3) is 4.28. The molecule has 2 aromatic carbocycles. The number of nitrogens with zero attached hydrogens (tertiary/aromatic N) is 1. The van der Waals surface area contributed by atoms with E-state index in [1.165, 1.54) is 24.3 Å². The standard InChI is InChI=1S/C21H22FNO3/c1-26-19-8-2-15(3-9-19)14-20(24)23-12-10-17(11-13-23)21(25)16-4-6-18(22)7-5-16/h2-9,17H,10-14H2,1H3. The number of ether oxygens (including phenoxy) is 1. The highest BCUT2D eigenvalue weighted by molar-refractivity contribution is 5.98. The molecule has 0 spiro atoms. The van der Waals surface area contributed by atoms with E-state index in [1.54, 1.807) is 7.11 Å². The lowest BCUT2D eigenvalue weighted by Crippen LogP contribution is -2.41. The minimum Gasteiger partial charge on any atom is -0.497 e. The van der Waals surface area contributed by atoms with Gasteiger partial charge in [0.2, 0.25) is 5.91 Å². The third-order valence-electron chi connectivity index (χ3n) is 4.86. The van der Waals surface area contributed by atoms with Crippen LogP contribution in [0, 0.1) is 11.7 Å². The lowest BCUT2D eigenvalue weighted by Gasteiger charge is -2.31. The molecule has 1 heterocycles. The number of benzene rings is 2. The van der Waals surface area contributed by atoms with Crippen LogP contribution in [0.2, 0.25) is 0 Å². The molecule has 5 heteroatoms. The van der Waals surface area contributed by atoms with Gasteiger partial charge in [-0.05, 0) is 54.8 Å². The first kappa shape index (κ1) is 18.1. The molecule has 0 saturated carbocycles. The summed E-state index contributed by atoms with van der Waals surface area (Å²) in [5.41, 5.74) is 1.48. The van der Waals surface area contributed by atoms with Crippen molar-refractivity contribution in [3.8, 4) is 5.75 Å². The second-order valence-electron chi connectivity index (χ2n) is 6.55. The molecule has 136 valence electrons. The molecule has 1 aliphatic heterocycles. The Bertz CT molecular complexity index is 763. The van der Waals surface area contributed by atoms with Gasteiger partial charge in [-0.2, -0.15) is 0 Å². The highest BCUT2D eigenvalue weighted by Crippen LogP contribution is 2.23. The van der Waals surface area contributed by atoms with Gasteiger partial charge in [0.05, 0.1) is 13.5 Å². The van der Waals surface area contributed by atoms with Gasteiger partial charge in [0.25, 0.3) is 0 Å². The quantitative estimate of drug-likeness (QED) is 0.771. The van der Waals surface area contributed by atoms with Crippen LogP contribution in [0.1, 0.15) is 28.8 Å². The van der Waals surface area contributed by atoms with Crippen molar-refractivity contribution < 1.29 is 18.7 Å². The average molecular weight is 355 g/mol. The van der Waals surface area contributed by atoms with E-state index in [2.05, 4.69) is 0 Å². The Labute approximate surface area is 152 Å². The highest BCUT2D eigenvalue weighted by Gasteiger charge is 2.27. The van der Waals surface area contributed by atoms with Crippen LogP contribution >= 0.6 is 0 Å². The summed E-state index contributed by atoms with van der Waals surface area (Å²) in [7, 11) is 1.61. The second kappa shape index (κ2) is 8.13. The number of carbonyl (C=O) groups excluding carboxylic acids is 2. The zero-order chi connectivity index (χ0) is 18.5. The van der Waals surface area contributed by atoms with E-state index in [9.17, 15) is 14.0 Å². The summed E-state index contributed by atoms with van der Waals surface area (Å²) in [4.78, 5) is 26.8. The normalized spacial score (nSPS) is 14.9. The fraction of sp³-hybridized carbons (Fsp3) is 0.333. The molecule has 0 aromatic heterocycles. The minimum absolute atomic E-state index is 0.0345. The summed E-state index contributed by atoms with van der Waals surface area (Å²) in [5.74, 6) is 0.419. The molecule has 0 bridgehead atoms. The van der Waals surface area contributed by atoms with Crippen LogP contribution in [-0.4, -0.2) is 36.8 Å². The van der Waals surface area contributed by atoms with Crippen LogP contribution in [-0.2, 0) is 11.2 Å². The van der Waals surface area contributed by atoms with Crippen LogP contribution in [0.25, 0.3) is 0 Å². The first-order valence-corrected chi connectivity index (χ1v) is 8.77. The van der Waals surface area contributed by atoms with Gasteiger partial charge in [0, 0.05) is 24.6 Å². The maximum absolute atomic E-state index is 13.0. The summed E-state index contributed by atoms with van der Waals surface area (Å²) in [6.45, 7) is 1.15. The van der Waals surface area contributed by atoms with Gasteiger partial charge in [0.1, 0.15) is 11.6 Å². The SMILES string of the molecule is COc1ccc(CC(=O)N2CCC(C(=O)c3ccc(F)cc3)CC2)cc1. The van der Waals surface area contributed by atoms with Gasteiger partial charge < -0.3 is 9.64 Å². The van der Waals surface area contributed by atoms with Crippen LogP contribution in [0.3, 0.4) is 0 Å². The number of hydrogen-bond acceptors (Lipinski definition) is 3. The number of ketones is 1. The maximum Gasteiger partial charge on any atom is 0.226 e. The molecule has 1 fully saturated rings. The van der Waals surface area contributed by atoms with Gasteiger partial charge in [-0.1, -0.05) is 12.1 Å². The van der Waals surface area contributed by atoms with Gasteiger partial charge in [-0.3, -0.25) is 9.59 Å². The van der Waals surface area contributed by atoms with Crippen LogP contribution in [0.4, 0.5) is 4.39 Å². The van der Waals surface area contributed by atoms with Gasteiger partial charge in [-0.15, -0.1) is 0 Å². The number of amides is 1. The first-order chi connectivity index (χ1) is 12.6. The summed E-state index contributed by atoms with van der Waals surface area (Å²) in [6.07, 6.45) is 1.63. The zero-order valence-corrected chi connectivity index (χ0v) is 14.8. The van der Waals surface area contributed by atoms with Crippen molar-refractivity contribution in [1.29, 1.82) is 0 Å². The van der Waals surface area contributed by atoms with E-state index in [4.69, 9.17) is 4.74 Å². The summed E-state index contributed by atoms with van der Waals surface area (Å²) < 4.78 is 18.1. The Morgan fingerprint density at radius 3 is 2.23 bits per heavy atom. The molecule has 3 rings (SSSR count). The van der Waals surface area contributed by atoms with E-state index >= 15 is 0 Å². The molecule has 0 unspecified atom stereocenters. The van der Waals surface area contributed by atoms with Gasteiger partial charge >= 0.3 is 0 Å². The van der Waals surface area contributed by atoms with Crippen molar-refractivity contribution in [1.82, 2.24) is 4.90 Å². The topological polar surface area (TPSA) is 46.6 Å². The van der Waals surface area contributed by atoms with E-state index in [-0.39, 0.29) is 23.4 Å². The predicted molar refractivity (Wildman–Crippen MR) is 96.7 cm³/mol. The lowest BCUT2D eigenvalue weighted by atomic mass is 9.88. The van der Waals surface area contributed by atoms with E-state index < -0.39 is 0 Å². The van der Waals surface area contributed by atoms with Crippen molar-refractivity contribution in [3.63, 3.8) is 0 Å². The third-order valence-corrected chi connectivity index (χ3v) is 4.86. The molecule has 1 aliphatic rings. The number of carbonyl (C=O) groups is 2. The fourth-order valence-electron chi connectivity index (χ4n) is 3.27. The molecule has 0 N–H and O–H groups in total. The maximum atomic E-state index is 13.0. The molecular weight excluding hydrogens is 333 g/mol. The Hall–Kier alpha value is -2.69. The van der Waals surface area contributed by atoms with Crippen molar-refractivity contribution in [2.45, 2.75) is 19.3 Å². The molecule has 1 amide bonds. The lowest BCUT2D eigenvalue weighted by molar-refractivity contribution is -0.131. The monoisotopic (exact) mass is 355 g/mol. The van der Waals surface area contributed by atoms with Gasteiger partial charge in [-0.25, -0.2) is 4.39 Å². The van der Waals surface area contributed by atoms with Crippen molar-refractivity contribution in [2.75, 3.05) is 20.2 Å². The number of Topliss-reactive ketones (excluding diaryl/α,β-unsaturated/α-hetero) is 1. The van der Waals surface area contributed by atoms with Crippen LogP contribution in [0.15, 0.2) is 48.5 Å². The molecular formula is C21H22FNO3. The number of hydrogen-bond donors (Lipinski definition) is 0. The number of rotatable bonds is 5. The predicted octanol–water partition coefficient (Wildman–Crippen LogP) is 3.50. The first-order valence-electron chi connectivity index (χ1n) is 8.77. The summed E-state index contributed by atoms with van der Waals surface area (Å²) in [6, 6.07) is 13.1. The molecule has 2 aromatic rings. The molecule has 26 heavy (non-hydrogen) atoms. The van der Waals surface area contributed by atoms with E-state index in [0.717, 1.165) is 11.3 Å². The average Bonchev–Trinajstić information content (AvgIpc) is 2.69. The smallest absolute Gasteiger partial charge is 0.226 e. The van der Waals surface area contributed by atoms with Crippen molar-refractivity contribution in [2.24, 2.45) is 5.92 Å². The molecule has 0 aliphatic carbocycles. The number of likely N-dealkylation sites (tertiary alicyclic amines) is 1. The Kier molecular flexibility index (Phi) is 5.66. The zero-order valence-electron chi connectivity index (χ0n) is 14.8. The van der Waals surface area contributed by atoms with E-state index in [0.29, 0.717) is 37.9 Å². The van der Waals surface area contributed by atoms with Crippen molar-refractivity contribution in [3.05, 3.63) is 65.5 Å². The number of halogens is 1. The van der Waals surface area contributed by atoms with Crippen LogP contribution < -0.4 is 4.74 Å². The van der Waals surface area contributed by atoms with Crippen LogP contribution in [0.5, 0.6) is 5.75 Å². The highest BCUT2D eigenvalue weighted by atomic mass is 19.1. The molecule has 0 atom stereocenters. The molecule has 4 nitrogen and oxygen atoms in total. The summed E-state index contributed by atoms with van der Waals surface area (Å²) >= 11 is 0. The second-order valence-corrected chi connectivity index (χ2v) is 6.55. The number of piperidine rings is 1. The molecule has 1 saturated heterocycles. The van der Waals surface area contributed by atoms with Crippen molar-refractivity contribution >= 4 is 11.7 Å². The minimum atomic E-state index is -0.347. The fourth-order valence-corrected chi connectivity index (χ4v) is 3.27. The van der Waals surface area contributed by atoms with E-state index in [1.807, 2.05) is 29.2 Å². The summed E-state index contributed by atoms with van der Waals surface area (Å²) in [5, 5.41) is 0. The van der Waals surface area contributed by atoms with Gasteiger partial charge in [0.15, 0.2) is 5.78 Å². The Morgan fingerprint density at radius 2 is 1.65 bits per heavy atom.